The average molecular weight is 440 g/mol. The van der Waals surface area contributed by atoms with Crippen molar-refractivity contribution in [2.75, 3.05) is 13.7 Å². The Morgan fingerprint density at radius 1 is 1.10 bits per heavy atom. The Morgan fingerprint density at radius 2 is 1.87 bits per heavy atom. The minimum absolute atomic E-state index is 0.164. The zero-order valence-corrected chi connectivity index (χ0v) is 17.9. The van der Waals surface area contributed by atoms with Crippen molar-refractivity contribution in [3.63, 3.8) is 0 Å². The number of aliphatic hydroxyl groups is 1. The van der Waals surface area contributed by atoms with Crippen LogP contribution < -0.4 is 15.0 Å². The molecule has 0 radical (unpaired) electrons. The van der Waals surface area contributed by atoms with Crippen molar-refractivity contribution in [2.24, 2.45) is 0 Å². The molecule has 0 fully saturated rings. The van der Waals surface area contributed by atoms with E-state index < -0.39 is 6.10 Å². The summed E-state index contributed by atoms with van der Waals surface area (Å²) < 4.78 is 14.1. The lowest BCUT2D eigenvalue weighted by atomic mass is 10.1. The van der Waals surface area contributed by atoms with E-state index in [1.165, 1.54) is 18.0 Å². The molecule has 0 amide bonds. The van der Waals surface area contributed by atoms with Gasteiger partial charge in [-0.3, -0.25) is 9.36 Å². The molecule has 1 N–H and O–H groups in total. The Morgan fingerprint density at radius 3 is 2.58 bits per heavy atom. The quantitative estimate of drug-likeness (QED) is 0.471. The molecule has 0 bridgehead atoms. The zero-order chi connectivity index (χ0) is 22.0. The number of halogens is 1. The Bertz CT molecular complexity index is 1260. The second kappa shape index (κ2) is 8.83. The summed E-state index contributed by atoms with van der Waals surface area (Å²) in [6.07, 6.45) is 3.32. The minimum atomic E-state index is -0.553. The molecule has 0 aliphatic heterocycles. The fourth-order valence-corrected chi connectivity index (χ4v) is 3.33. The van der Waals surface area contributed by atoms with Gasteiger partial charge in [0.25, 0.3) is 5.56 Å². The molecule has 0 aliphatic rings. The third kappa shape index (κ3) is 4.28. The second-order valence-electron chi connectivity index (χ2n) is 7.08. The molecule has 2 aromatic heterocycles. The van der Waals surface area contributed by atoms with Gasteiger partial charge in [0.1, 0.15) is 18.5 Å². The van der Waals surface area contributed by atoms with E-state index >= 15 is 0 Å². The van der Waals surface area contributed by atoms with Crippen molar-refractivity contribution in [2.45, 2.75) is 19.4 Å². The maximum Gasteiger partial charge on any atom is 0.282 e. The Kier molecular flexibility index (Phi) is 5.97. The van der Waals surface area contributed by atoms with Crippen LogP contribution in [0.2, 0.25) is 5.02 Å². The predicted octanol–water partition coefficient (Wildman–Crippen LogP) is 3.96. The van der Waals surface area contributed by atoms with Gasteiger partial charge in [0.15, 0.2) is 11.5 Å². The fourth-order valence-electron chi connectivity index (χ4n) is 3.20. The van der Waals surface area contributed by atoms with Crippen molar-refractivity contribution >= 4 is 17.1 Å². The van der Waals surface area contributed by atoms with Crippen LogP contribution in [0.5, 0.6) is 11.5 Å². The molecule has 0 saturated heterocycles. The van der Waals surface area contributed by atoms with Crippen LogP contribution in [0.15, 0.2) is 65.8 Å². The summed E-state index contributed by atoms with van der Waals surface area (Å²) in [6, 6.07) is 14.4. The number of aromatic nitrogens is 3. The molecule has 4 rings (SSSR count). The molecule has 160 valence electrons. The predicted molar refractivity (Wildman–Crippen MR) is 120 cm³/mol. The van der Waals surface area contributed by atoms with E-state index in [1.54, 1.807) is 47.1 Å². The maximum absolute atomic E-state index is 13.1. The van der Waals surface area contributed by atoms with Crippen molar-refractivity contribution in [1.82, 2.24) is 14.2 Å². The van der Waals surface area contributed by atoms with E-state index in [4.69, 9.17) is 21.1 Å². The standard InChI is InChI=1S/C23H22ClN3O4/c1-3-19(28)13-31-21-9-8-18(11-22(21)30-2)26-14-25-27-12-16(10-20(27)23(26)29)15-4-6-17(24)7-5-15/h4-12,14,19,28H,3,13H2,1-2H3/t19-/m1/s1. The smallest absolute Gasteiger partial charge is 0.282 e. The Balaban J connectivity index is 1.70. The van der Waals surface area contributed by atoms with Gasteiger partial charge in [-0.1, -0.05) is 30.7 Å². The molecule has 4 aromatic rings. The highest BCUT2D eigenvalue weighted by molar-refractivity contribution is 6.30. The molecule has 0 aliphatic carbocycles. The summed E-state index contributed by atoms with van der Waals surface area (Å²) in [7, 11) is 1.53. The number of methoxy groups -OCH3 is 1. The molecular formula is C23H22ClN3O4. The molecule has 2 aromatic carbocycles. The molecule has 2 heterocycles. The van der Waals surface area contributed by atoms with Crippen LogP contribution in [-0.4, -0.2) is 39.1 Å². The van der Waals surface area contributed by atoms with Crippen LogP contribution in [-0.2, 0) is 0 Å². The van der Waals surface area contributed by atoms with Crippen LogP contribution in [0.3, 0.4) is 0 Å². The number of rotatable bonds is 7. The van der Waals surface area contributed by atoms with Crippen molar-refractivity contribution < 1.29 is 14.6 Å². The second-order valence-corrected chi connectivity index (χ2v) is 7.52. The molecule has 8 heteroatoms. The summed E-state index contributed by atoms with van der Waals surface area (Å²) in [5.74, 6) is 0.957. The molecule has 1 atom stereocenters. The van der Waals surface area contributed by atoms with Crippen molar-refractivity contribution in [3.05, 3.63) is 76.4 Å². The molecule has 7 nitrogen and oxygen atoms in total. The highest BCUT2D eigenvalue weighted by atomic mass is 35.5. The van der Waals surface area contributed by atoms with Crippen LogP contribution >= 0.6 is 11.6 Å². The first-order chi connectivity index (χ1) is 15.0. The van der Waals surface area contributed by atoms with Gasteiger partial charge in [0, 0.05) is 22.8 Å². The lowest BCUT2D eigenvalue weighted by Gasteiger charge is -2.15. The lowest BCUT2D eigenvalue weighted by molar-refractivity contribution is 0.102. The van der Waals surface area contributed by atoms with Crippen molar-refractivity contribution in [3.8, 4) is 28.3 Å². The number of benzene rings is 2. The summed E-state index contributed by atoms with van der Waals surface area (Å²) in [4.78, 5) is 13.1. The third-order valence-corrected chi connectivity index (χ3v) is 5.29. The van der Waals surface area contributed by atoms with Gasteiger partial charge >= 0.3 is 0 Å². The number of hydrogen-bond donors (Lipinski definition) is 1. The van der Waals surface area contributed by atoms with E-state index in [0.717, 1.165) is 11.1 Å². The highest BCUT2D eigenvalue weighted by Gasteiger charge is 2.13. The van der Waals surface area contributed by atoms with Gasteiger partial charge < -0.3 is 14.6 Å². The van der Waals surface area contributed by atoms with Crippen LogP contribution in [0.1, 0.15) is 13.3 Å². The highest BCUT2D eigenvalue weighted by Crippen LogP contribution is 2.29. The number of aliphatic hydroxyl groups excluding tert-OH is 1. The molecular weight excluding hydrogens is 418 g/mol. The van der Waals surface area contributed by atoms with E-state index in [9.17, 15) is 9.90 Å². The number of ether oxygens (including phenoxy) is 2. The third-order valence-electron chi connectivity index (χ3n) is 5.04. The zero-order valence-electron chi connectivity index (χ0n) is 17.2. The molecule has 0 spiro atoms. The van der Waals surface area contributed by atoms with Crippen LogP contribution in [0.4, 0.5) is 0 Å². The molecule has 31 heavy (non-hydrogen) atoms. The normalized spacial score (nSPS) is 12.1. The summed E-state index contributed by atoms with van der Waals surface area (Å²) in [6.45, 7) is 2.04. The number of hydrogen-bond acceptors (Lipinski definition) is 5. The SMILES string of the molecule is CC[C@@H](O)COc1ccc(-n2cnn3cc(-c4ccc(Cl)cc4)cc3c2=O)cc1OC. The largest absolute Gasteiger partial charge is 0.493 e. The van der Waals surface area contributed by atoms with Gasteiger partial charge in [-0.05, 0) is 42.3 Å². The van der Waals surface area contributed by atoms with Gasteiger partial charge in [-0.2, -0.15) is 5.10 Å². The number of nitrogens with zero attached hydrogens (tertiary/aromatic N) is 3. The maximum atomic E-state index is 13.1. The Hall–Kier alpha value is -3.29. The Labute approximate surface area is 184 Å². The van der Waals surface area contributed by atoms with Gasteiger partial charge in [0.2, 0.25) is 0 Å². The van der Waals surface area contributed by atoms with E-state index in [1.807, 2.05) is 19.1 Å². The van der Waals surface area contributed by atoms with Gasteiger partial charge in [0.05, 0.1) is 18.9 Å². The first kappa shape index (κ1) is 21.0. The fraction of sp³-hybridized carbons (Fsp3) is 0.217. The summed E-state index contributed by atoms with van der Waals surface area (Å²) in [5, 5.41) is 14.8. The number of fused-ring (bicyclic) bond motifs is 1. The van der Waals surface area contributed by atoms with Gasteiger partial charge in [-0.25, -0.2) is 4.52 Å². The summed E-state index contributed by atoms with van der Waals surface area (Å²) >= 11 is 5.97. The van der Waals surface area contributed by atoms with E-state index in [-0.39, 0.29) is 12.2 Å². The first-order valence-electron chi connectivity index (χ1n) is 9.85. The average Bonchev–Trinajstić information content (AvgIpc) is 3.23. The van der Waals surface area contributed by atoms with Crippen LogP contribution in [0.25, 0.3) is 22.3 Å². The minimum Gasteiger partial charge on any atom is -0.493 e. The monoisotopic (exact) mass is 439 g/mol. The van der Waals surface area contributed by atoms with Gasteiger partial charge in [-0.15, -0.1) is 0 Å². The molecule has 0 saturated carbocycles. The first-order valence-corrected chi connectivity index (χ1v) is 10.2. The lowest BCUT2D eigenvalue weighted by Crippen LogP contribution is -2.21. The van der Waals surface area contributed by atoms with E-state index in [2.05, 4.69) is 5.10 Å². The topological polar surface area (TPSA) is 78.0 Å². The molecule has 0 unspecified atom stereocenters. The van der Waals surface area contributed by atoms with Crippen LogP contribution in [0, 0.1) is 0 Å². The van der Waals surface area contributed by atoms with Crippen molar-refractivity contribution in [1.29, 1.82) is 0 Å². The van der Waals surface area contributed by atoms with E-state index in [0.29, 0.717) is 34.1 Å². The summed E-state index contributed by atoms with van der Waals surface area (Å²) in [5.41, 5.74) is 2.63.